The predicted octanol–water partition coefficient (Wildman–Crippen LogP) is 3.41. The fourth-order valence-corrected chi connectivity index (χ4v) is 2.50. The van der Waals surface area contributed by atoms with Gasteiger partial charge in [0.05, 0.1) is 12.9 Å². The summed E-state index contributed by atoms with van der Waals surface area (Å²) in [4.78, 5) is 0. The van der Waals surface area contributed by atoms with Crippen molar-refractivity contribution < 1.29 is 13.5 Å². The van der Waals surface area contributed by atoms with E-state index in [4.69, 9.17) is 9.29 Å². The quantitative estimate of drug-likeness (QED) is 0.411. The Hall–Kier alpha value is -1.17. The van der Waals surface area contributed by atoms with Crippen LogP contribution >= 0.6 is 0 Å². The number of ether oxygens (including phenoxy) is 1. The molecule has 23 heavy (non-hydrogen) atoms. The first-order valence-corrected chi connectivity index (χ1v) is 9.21. The molecule has 0 aliphatic rings. The van der Waals surface area contributed by atoms with Gasteiger partial charge in [0.15, 0.2) is 11.1 Å². The number of hydrogen-bond acceptors (Lipinski definition) is 3. The van der Waals surface area contributed by atoms with Gasteiger partial charge in [-0.1, -0.05) is 45.1 Å². The number of rotatable bonds is 9. The average molecular weight is 340 g/mol. The van der Waals surface area contributed by atoms with Gasteiger partial charge in [-0.3, -0.25) is 0 Å². The number of nitrogens with one attached hydrogen (secondary N) is 1. The molecule has 0 fully saturated rings. The third-order valence-electron chi connectivity index (χ3n) is 3.35. The highest BCUT2D eigenvalue weighted by Crippen LogP contribution is 2.17. The molecule has 4 nitrogen and oxygen atoms in total. The minimum Gasteiger partial charge on any atom is -0.497 e. The van der Waals surface area contributed by atoms with Crippen molar-refractivity contribution in [1.82, 2.24) is 5.32 Å². The van der Waals surface area contributed by atoms with Crippen molar-refractivity contribution in [2.45, 2.75) is 39.7 Å². The van der Waals surface area contributed by atoms with Gasteiger partial charge in [0.25, 0.3) is 0 Å². The summed E-state index contributed by atoms with van der Waals surface area (Å²) in [6, 6.07) is 8.28. The van der Waals surface area contributed by atoms with E-state index in [0.717, 1.165) is 18.7 Å². The number of hydrogen-bond donors (Lipinski definition) is 2. The van der Waals surface area contributed by atoms with Crippen LogP contribution in [0.1, 0.15) is 32.8 Å². The summed E-state index contributed by atoms with van der Waals surface area (Å²) in [6.07, 6.45) is 5.96. The summed E-state index contributed by atoms with van der Waals surface area (Å²) in [6.45, 7) is 7.23. The maximum Gasteiger partial charge on any atom is 0.152 e. The molecular weight excluding hydrogens is 310 g/mol. The average Bonchev–Trinajstić information content (AvgIpc) is 2.48. The van der Waals surface area contributed by atoms with Gasteiger partial charge < -0.3 is 14.6 Å². The molecule has 0 aliphatic carbocycles. The molecule has 1 aromatic carbocycles. The standard InChI is InChI=1S/C18H29NO3S/c1-18(2,3)11-10-16(19-12-5-13-23(20)21)14-15-6-8-17(22-4)9-7-15/h6-11,16,19H,5,12-14H2,1-4H3,(H,20,21)/b11-10+. The van der Waals surface area contributed by atoms with Gasteiger partial charge >= 0.3 is 0 Å². The molecule has 0 amide bonds. The minimum atomic E-state index is -1.71. The Labute approximate surface area is 142 Å². The van der Waals surface area contributed by atoms with Crippen LogP contribution in [0, 0.1) is 5.41 Å². The number of allylic oxidation sites excluding steroid dienone is 1. The van der Waals surface area contributed by atoms with Crippen molar-refractivity contribution in [1.29, 1.82) is 0 Å². The Morgan fingerprint density at radius 3 is 2.48 bits per heavy atom. The largest absolute Gasteiger partial charge is 0.497 e. The lowest BCUT2D eigenvalue weighted by atomic mass is 9.94. The second-order valence-electron chi connectivity index (χ2n) is 6.72. The van der Waals surface area contributed by atoms with Gasteiger partial charge in [-0.2, -0.15) is 0 Å². The molecule has 0 bridgehead atoms. The summed E-state index contributed by atoms with van der Waals surface area (Å²) >= 11 is -1.71. The van der Waals surface area contributed by atoms with Crippen molar-refractivity contribution in [2.24, 2.45) is 5.41 Å². The van der Waals surface area contributed by atoms with E-state index in [-0.39, 0.29) is 11.5 Å². The molecule has 0 saturated carbocycles. The van der Waals surface area contributed by atoms with E-state index in [1.165, 1.54) is 5.56 Å². The number of benzene rings is 1. The monoisotopic (exact) mass is 339 g/mol. The lowest BCUT2D eigenvalue weighted by Crippen LogP contribution is -2.31. The van der Waals surface area contributed by atoms with Crippen LogP contribution in [-0.2, 0) is 17.5 Å². The summed E-state index contributed by atoms with van der Waals surface area (Å²) < 4.78 is 24.7. The zero-order chi connectivity index (χ0) is 17.3. The lowest BCUT2D eigenvalue weighted by molar-refractivity contribution is 0.414. The normalized spacial score (nSPS) is 14.8. The SMILES string of the molecule is COc1ccc(CC(/C=C/C(C)(C)C)NCCCS(=O)O)cc1. The van der Waals surface area contributed by atoms with Crippen LogP contribution in [0.2, 0.25) is 0 Å². The topological polar surface area (TPSA) is 58.6 Å². The second kappa shape index (κ2) is 9.85. The molecule has 0 radical (unpaired) electrons. The molecule has 1 rings (SSSR count). The molecule has 0 saturated heterocycles. The minimum absolute atomic E-state index is 0.131. The van der Waals surface area contributed by atoms with Crippen molar-refractivity contribution in [3.05, 3.63) is 42.0 Å². The van der Waals surface area contributed by atoms with Crippen molar-refractivity contribution >= 4 is 11.1 Å². The van der Waals surface area contributed by atoms with E-state index in [9.17, 15) is 4.21 Å². The molecule has 5 heteroatoms. The Bertz CT molecular complexity index is 506. The van der Waals surface area contributed by atoms with Crippen LogP contribution in [0.4, 0.5) is 0 Å². The molecule has 0 spiro atoms. The zero-order valence-corrected chi connectivity index (χ0v) is 15.4. The van der Waals surface area contributed by atoms with Gasteiger partial charge in [0.1, 0.15) is 5.75 Å². The Balaban J connectivity index is 2.65. The van der Waals surface area contributed by atoms with Crippen LogP contribution in [0.15, 0.2) is 36.4 Å². The number of methoxy groups -OCH3 is 1. The Morgan fingerprint density at radius 2 is 1.96 bits per heavy atom. The highest BCUT2D eigenvalue weighted by Gasteiger charge is 2.10. The van der Waals surface area contributed by atoms with E-state index in [0.29, 0.717) is 12.2 Å². The highest BCUT2D eigenvalue weighted by atomic mass is 32.2. The first kappa shape index (κ1) is 19.9. The first-order valence-electron chi connectivity index (χ1n) is 7.93. The maximum atomic E-state index is 10.7. The smallest absolute Gasteiger partial charge is 0.152 e. The van der Waals surface area contributed by atoms with Crippen molar-refractivity contribution in [3.8, 4) is 5.75 Å². The summed E-state index contributed by atoms with van der Waals surface area (Å²) in [5.74, 6) is 1.17. The molecule has 130 valence electrons. The van der Waals surface area contributed by atoms with E-state index < -0.39 is 11.1 Å². The molecular formula is C18H29NO3S. The predicted molar refractivity (Wildman–Crippen MR) is 97.3 cm³/mol. The summed E-state index contributed by atoms with van der Waals surface area (Å²) in [5.41, 5.74) is 1.36. The molecule has 0 aliphatic heterocycles. The molecule has 0 aromatic heterocycles. The fourth-order valence-electron chi connectivity index (χ4n) is 2.11. The molecule has 2 atom stereocenters. The molecule has 2 unspecified atom stereocenters. The Morgan fingerprint density at radius 1 is 1.30 bits per heavy atom. The van der Waals surface area contributed by atoms with E-state index in [1.807, 2.05) is 12.1 Å². The Kier molecular flexibility index (Phi) is 8.52. The molecule has 1 aromatic rings. The van der Waals surface area contributed by atoms with E-state index >= 15 is 0 Å². The first-order chi connectivity index (χ1) is 10.8. The van der Waals surface area contributed by atoms with E-state index in [1.54, 1.807) is 7.11 Å². The summed E-state index contributed by atoms with van der Waals surface area (Å²) in [7, 11) is 1.66. The molecule has 2 N–H and O–H groups in total. The third kappa shape index (κ3) is 9.54. The van der Waals surface area contributed by atoms with Gasteiger partial charge in [0.2, 0.25) is 0 Å². The van der Waals surface area contributed by atoms with Crippen LogP contribution in [0.25, 0.3) is 0 Å². The second-order valence-corrected chi connectivity index (χ2v) is 7.77. The van der Waals surface area contributed by atoms with E-state index in [2.05, 4.69) is 50.4 Å². The highest BCUT2D eigenvalue weighted by molar-refractivity contribution is 7.79. The van der Waals surface area contributed by atoms with Crippen LogP contribution in [0.3, 0.4) is 0 Å². The molecule has 0 heterocycles. The fraction of sp³-hybridized carbons (Fsp3) is 0.556. The zero-order valence-electron chi connectivity index (χ0n) is 14.5. The summed E-state index contributed by atoms with van der Waals surface area (Å²) in [5, 5.41) is 3.46. The lowest BCUT2D eigenvalue weighted by Gasteiger charge is -2.18. The van der Waals surface area contributed by atoms with Crippen molar-refractivity contribution in [2.75, 3.05) is 19.4 Å². The van der Waals surface area contributed by atoms with Crippen LogP contribution < -0.4 is 10.1 Å². The van der Waals surface area contributed by atoms with Gasteiger partial charge in [-0.25, -0.2) is 4.21 Å². The third-order valence-corrected chi connectivity index (χ3v) is 3.98. The van der Waals surface area contributed by atoms with Crippen molar-refractivity contribution in [3.63, 3.8) is 0 Å². The van der Waals surface area contributed by atoms with Crippen LogP contribution in [-0.4, -0.2) is 34.2 Å². The van der Waals surface area contributed by atoms with Gasteiger partial charge in [-0.15, -0.1) is 0 Å². The van der Waals surface area contributed by atoms with Crippen LogP contribution in [0.5, 0.6) is 5.75 Å². The maximum absolute atomic E-state index is 10.7. The van der Waals surface area contributed by atoms with Gasteiger partial charge in [-0.05, 0) is 42.5 Å². The van der Waals surface area contributed by atoms with Gasteiger partial charge in [0, 0.05) is 6.04 Å².